The molecule has 0 saturated heterocycles. The maximum Gasteiger partial charge on any atom is 0.307 e. The van der Waals surface area contributed by atoms with Gasteiger partial charge in [0, 0.05) is 12.5 Å². The highest BCUT2D eigenvalue weighted by molar-refractivity contribution is 5.77. The van der Waals surface area contributed by atoms with Gasteiger partial charge in [0.15, 0.2) is 0 Å². The van der Waals surface area contributed by atoms with Crippen LogP contribution in [-0.2, 0) is 16.0 Å². The van der Waals surface area contributed by atoms with Gasteiger partial charge in [0.05, 0.1) is 24.6 Å². The number of hydrogen-bond donors (Lipinski definition) is 0. The molecule has 102 valence electrons. The van der Waals surface area contributed by atoms with Gasteiger partial charge in [0.2, 0.25) is 0 Å². The van der Waals surface area contributed by atoms with E-state index in [2.05, 4.69) is 22.5 Å². The SMILES string of the molecule is CCCc1nc2ccccc2n1C(C)CC(=O)OC. The van der Waals surface area contributed by atoms with E-state index in [1.54, 1.807) is 0 Å². The number of nitrogens with zero attached hydrogens (tertiary/aromatic N) is 2. The second-order valence-corrected chi connectivity index (χ2v) is 4.77. The average Bonchev–Trinajstić information content (AvgIpc) is 2.76. The Balaban J connectivity index is 2.43. The second kappa shape index (κ2) is 5.87. The largest absolute Gasteiger partial charge is 0.469 e. The van der Waals surface area contributed by atoms with Crippen molar-refractivity contribution in [2.24, 2.45) is 0 Å². The van der Waals surface area contributed by atoms with Crippen molar-refractivity contribution in [3.63, 3.8) is 0 Å². The molecule has 0 aliphatic rings. The lowest BCUT2D eigenvalue weighted by Gasteiger charge is -2.16. The Hall–Kier alpha value is -1.84. The molecule has 0 N–H and O–H groups in total. The summed E-state index contributed by atoms with van der Waals surface area (Å²) in [5, 5.41) is 0. The normalized spacial score (nSPS) is 12.6. The minimum absolute atomic E-state index is 0.0569. The van der Waals surface area contributed by atoms with Gasteiger partial charge in [0.1, 0.15) is 5.82 Å². The fraction of sp³-hybridized carbons (Fsp3) is 0.467. The molecule has 1 atom stereocenters. The number of aryl methyl sites for hydroxylation is 1. The number of hydrogen-bond acceptors (Lipinski definition) is 3. The Morgan fingerprint density at radius 2 is 2.16 bits per heavy atom. The smallest absolute Gasteiger partial charge is 0.307 e. The summed E-state index contributed by atoms with van der Waals surface area (Å²) in [4.78, 5) is 16.1. The highest BCUT2D eigenvalue weighted by Gasteiger charge is 2.17. The van der Waals surface area contributed by atoms with Crippen LogP contribution in [-0.4, -0.2) is 22.6 Å². The maximum absolute atomic E-state index is 11.5. The molecule has 0 aliphatic heterocycles. The first kappa shape index (κ1) is 13.6. The molecule has 1 unspecified atom stereocenters. The van der Waals surface area contributed by atoms with Crippen LogP contribution < -0.4 is 0 Å². The molecule has 0 bridgehead atoms. The summed E-state index contributed by atoms with van der Waals surface area (Å²) in [6, 6.07) is 8.11. The van der Waals surface area contributed by atoms with Gasteiger partial charge in [-0.25, -0.2) is 4.98 Å². The van der Waals surface area contributed by atoms with Gasteiger partial charge < -0.3 is 9.30 Å². The number of aromatic nitrogens is 2. The number of rotatable bonds is 5. The number of fused-ring (bicyclic) bond motifs is 1. The molecule has 0 spiro atoms. The predicted molar refractivity (Wildman–Crippen MR) is 75.1 cm³/mol. The molecule has 2 aromatic rings. The summed E-state index contributed by atoms with van der Waals surface area (Å²) < 4.78 is 6.92. The van der Waals surface area contributed by atoms with Crippen molar-refractivity contribution >= 4 is 17.0 Å². The lowest BCUT2D eigenvalue weighted by atomic mass is 10.2. The number of carbonyl (C=O) groups is 1. The minimum Gasteiger partial charge on any atom is -0.469 e. The number of methoxy groups -OCH3 is 1. The lowest BCUT2D eigenvalue weighted by Crippen LogP contribution is -2.14. The molecule has 0 saturated carbocycles. The Kier molecular flexibility index (Phi) is 4.20. The Bertz CT molecular complexity index is 575. The Morgan fingerprint density at radius 3 is 2.84 bits per heavy atom. The van der Waals surface area contributed by atoms with Crippen molar-refractivity contribution in [3.8, 4) is 0 Å². The van der Waals surface area contributed by atoms with Crippen molar-refractivity contribution in [1.82, 2.24) is 9.55 Å². The van der Waals surface area contributed by atoms with Gasteiger partial charge in [-0.2, -0.15) is 0 Å². The zero-order valence-corrected chi connectivity index (χ0v) is 11.7. The number of carbonyl (C=O) groups excluding carboxylic acids is 1. The van der Waals surface area contributed by atoms with E-state index < -0.39 is 0 Å². The van der Waals surface area contributed by atoms with Gasteiger partial charge in [-0.15, -0.1) is 0 Å². The van der Waals surface area contributed by atoms with Crippen molar-refractivity contribution in [3.05, 3.63) is 30.1 Å². The number of ether oxygens (including phenoxy) is 1. The van der Waals surface area contributed by atoms with Crippen molar-refractivity contribution < 1.29 is 9.53 Å². The van der Waals surface area contributed by atoms with Crippen molar-refractivity contribution in [1.29, 1.82) is 0 Å². The first-order valence-corrected chi connectivity index (χ1v) is 6.70. The number of benzene rings is 1. The fourth-order valence-electron chi connectivity index (χ4n) is 2.40. The van der Waals surface area contributed by atoms with Crippen LogP contribution in [0.15, 0.2) is 24.3 Å². The molecule has 19 heavy (non-hydrogen) atoms. The number of esters is 1. The molecule has 0 fully saturated rings. The zero-order chi connectivity index (χ0) is 13.8. The number of para-hydroxylation sites is 2. The average molecular weight is 260 g/mol. The molecule has 1 heterocycles. The lowest BCUT2D eigenvalue weighted by molar-refractivity contribution is -0.141. The van der Waals surface area contributed by atoms with E-state index >= 15 is 0 Å². The highest BCUT2D eigenvalue weighted by Crippen LogP contribution is 2.24. The topological polar surface area (TPSA) is 44.1 Å². The molecule has 1 aromatic heterocycles. The van der Waals surface area contributed by atoms with Crippen molar-refractivity contribution in [2.75, 3.05) is 7.11 Å². The van der Waals surface area contributed by atoms with Crippen LogP contribution in [0.5, 0.6) is 0 Å². The van der Waals surface area contributed by atoms with Crippen LogP contribution in [0.2, 0.25) is 0 Å². The number of imidazole rings is 1. The van der Waals surface area contributed by atoms with E-state index in [0.29, 0.717) is 6.42 Å². The molecule has 4 heteroatoms. The van der Waals surface area contributed by atoms with Crippen LogP contribution >= 0.6 is 0 Å². The molecule has 0 radical (unpaired) electrons. The third-order valence-electron chi connectivity index (χ3n) is 3.27. The van der Waals surface area contributed by atoms with Crippen LogP contribution in [0, 0.1) is 0 Å². The molecular formula is C15H20N2O2. The van der Waals surface area contributed by atoms with Crippen LogP contribution in [0.1, 0.15) is 38.6 Å². The van der Waals surface area contributed by atoms with Gasteiger partial charge >= 0.3 is 5.97 Å². The summed E-state index contributed by atoms with van der Waals surface area (Å²) in [5.74, 6) is 0.854. The van der Waals surface area contributed by atoms with E-state index in [0.717, 1.165) is 29.7 Å². The van der Waals surface area contributed by atoms with Crippen LogP contribution in [0.25, 0.3) is 11.0 Å². The molecule has 1 aromatic carbocycles. The van der Waals surface area contributed by atoms with Crippen molar-refractivity contribution in [2.45, 2.75) is 39.2 Å². The molecule has 2 rings (SSSR count). The summed E-state index contributed by atoms with van der Waals surface area (Å²) in [6.07, 6.45) is 2.32. The van der Waals surface area contributed by atoms with Crippen LogP contribution in [0.4, 0.5) is 0 Å². The predicted octanol–water partition coefficient (Wildman–Crippen LogP) is 3.11. The molecule has 0 aliphatic carbocycles. The third kappa shape index (κ3) is 2.78. The van der Waals surface area contributed by atoms with E-state index in [9.17, 15) is 4.79 Å². The summed E-state index contributed by atoms with van der Waals surface area (Å²) >= 11 is 0. The van der Waals surface area contributed by atoms with Gasteiger partial charge in [-0.05, 0) is 25.5 Å². The Labute approximate surface area is 113 Å². The molecule has 0 amide bonds. The second-order valence-electron chi connectivity index (χ2n) is 4.77. The van der Waals surface area contributed by atoms with Gasteiger partial charge in [-0.1, -0.05) is 19.1 Å². The quantitative estimate of drug-likeness (QED) is 0.776. The standard InChI is InChI=1S/C15H20N2O2/c1-4-7-14-16-12-8-5-6-9-13(12)17(14)11(2)10-15(18)19-3/h5-6,8-9,11H,4,7,10H2,1-3H3. The minimum atomic E-state index is -0.187. The third-order valence-corrected chi connectivity index (χ3v) is 3.27. The van der Waals surface area contributed by atoms with Gasteiger partial charge in [-0.3, -0.25) is 4.79 Å². The first-order chi connectivity index (χ1) is 9.17. The summed E-state index contributed by atoms with van der Waals surface area (Å²) in [5.41, 5.74) is 2.07. The maximum atomic E-state index is 11.5. The first-order valence-electron chi connectivity index (χ1n) is 6.70. The van der Waals surface area contributed by atoms with Gasteiger partial charge in [0.25, 0.3) is 0 Å². The zero-order valence-electron chi connectivity index (χ0n) is 11.7. The van der Waals surface area contributed by atoms with Crippen LogP contribution in [0.3, 0.4) is 0 Å². The molecular weight excluding hydrogens is 240 g/mol. The Morgan fingerprint density at radius 1 is 1.42 bits per heavy atom. The van der Waals surface area contributed by atoms with E-state index in [-0.39, 0.29) is 12.0 Å². The van der Waals surface area contributed by atoms with E-state index in [4.69, 9.17) is 4.74 Å². The monoisotopic (exact) mass is 260 g/mol. The van der Waals surface area contributed by atoms with E-state index in [1.165, 1.54) is 7.11 Å². The summed E-state index contributed by atoms with van der Waals surface area (Å²) in [6.45, 7) is 4.17. The fourth-order valence-corrected chi connectivity index (χ4v) is 2.40. The van der Waals surface area contributed by atoms with E-state index in [1.807, 2.05) is 25.1 Å². The molecule has 4 nitrogen and oxygen atoms in total. The summed E-state index contributed by atoms with van der Waals surface area (Å²) in [7, 11) is 1.42. The highest BCUT2D eigenvalue weighted by atomic mass is 16.5.